The number of amides is 1. The van der Waals surface area contributed by atoms with Gasteiger partial charge in [-0.1, -0.05) is 0 Å². The Bertz CT molecular complexity index is 669. The molecule has 3 N–H and O–H groups in total. The molecule has 0 radical (unpaired) electrons. The number of fused-ring (bicyclic) bond motifs is 1. The molecular formula is C12H10F4N2OS2. The highest BCUT2D eigenvalue weighted by atomic mass is 32.2. The lowest BCUT2D eigenvalue weighted by Gasteiger charge is -2.06. The summed E-state index contributed by atoms with van der Waals surface area (Å²) in [5.41, 5.74) is 1.59. The number of nitrogen functional groups attached to an aromatic ring is 1. The van der Waals surface area contributed by atoms with Gasteiger partial charge in [-0.05, 0) is 30.0 Å². The zero-order chi connectivity index (χ0) is 15.6. The SMILES string of the molecule is Nc1c(C(=O)NCCSC(F)(F)F)sc2ccc(F)cc12. The van der Waals surface area contributed by atoms with Crippen molar-refractivity contribution in [3.8, 4) is 0 Å². The number of rotatable bonds is 4. The van der Waals surface area contributed by atoms with Crippen molar-refractivity contribution in [3.63, 3.8) is 0 Å². The molecule has 0 unspecified atom stereocenters. The monoisotopic (exact) mass is 338 g/mol. The number of nitrogens with one attached hydrogen (secondary N) is 1. The van der Waals surface area contributed by atoms with Gasteiger partial charge < -0.3 is 11.1 Å². The number of hydrogen-bond acceptors (Lipinski definition) is 4. The van der Waals surface area contributed by atoms with E-state index in [4.69, 9.17) is 5.73 Å². The maximum Gasteiger partial charge on any atom is 0.441 e. The van der Waals surface area contributed by atoms with Crippen molar-refractivity contribution in [2.24, 2.45) is 0 Å². The molecule has 1 amide bonds. The van der Waals surface area contributed by atoms with Gasteiger partial charge in [-0.3, -0.25) is 4.79 Å². The Morgan fingerprint density at radius 2 is 2.10 bits per heavy atom. The fourth-order valence-corrected chi connectivity index (χ4v) is 3.12. The maximum atomic E-state index is 13.1. The van der Waals surface area contributed by atoms with Crippen molar-refractivity contribution in [2.75, 3.05) is 18.0 Å². The first-order valence-corrected chi connectivity index (χ1v) is 7.54. The first kappa shape index (κ1) is 15.9. The van der Waals surface area contributed by atoms with Crippen molar-refractivity contribution in [1.82, 2.24) is 5.32 Å². The van der Waals surface area contributed by atoms with Gasteiger partial charge in [-0.2, -0.15) is 13.2 Å². The highest BCUT2D eigenvalue weighted by Gasteiger charge is 2.27. The fraction of sp³-hybridized carbons (Fsp3) is 0.250. The van der Waals surface area contributed by atoms with Gasteiger partial charge in [0.2, 0.25) is 0 Å². The van der Waals surface area contributed by atoms with Crippen LogP contribution in [0.1, 0.15) is 9.67 Å². The Morgan fingerprint density at radius 3 is 2.76 bits per heavy atom. The molecule has 0 aliphatic carbocycles. The van der Waals surface area contributed by atoms with Crippen LogP contribution in [0.3, 0.4) is 0 Å². The summed E-state index contributed by atoms with van der Waals surface area (Å²) >= 11 is 0.861. The van der Waals surface area contributed by atoms with Crippen molar-refractivity contribution < 1.29 is 22.4 Å². The molecule has 0 fully saturated rings. The molecule has 9 heteroatoms. The second-order valence-electron chi connectivity index (χ2n) is 4.04. The van der Waals surface area contributed by atoms with Crippen LogP contribution in [0.25, 0.3) is 10.1 Å². The zero-order valence-electron chi connectivity index (χ0n) is 10.5. The summed E-state index contributed by atoms with van der Waals surface area (Å²) in [6, 6.07) is 3.97. The third kappa shape index (κ3) is 4.01. The summed E-state index contributed by atoms with van der Waals surface area (Å²) in [6.07, 6.45) is 0. The molecule has 0 bridgehead atoms. The lowest BCUT2D eigenvalue weighted by Crippen LogP contribution is -2.26. The molecule has 2 aromatic rings. The van der Waals surface area contributed by atoms with Crippen molar-refractivity contribution in [2.45, 2.75) is 5.51 Å². The van der Waals surface area contributed by atoms with Crippen LogP contribution in [-0.2, 0) is 0 Å². The van der Waals surface area contributed by atoms with Gasteiger partial charge in [0.15, 0.2) is 0 Å². The number of benzene rings is 1. The molecule has 0 spiro atoms. The van der Waals surface area contributed by atoms with E-state index in [1.165, 1.54) is 18.2 Å². The van der Waals surface area contributed by atoms with Crippen LogP contribution in [-0.4, -0.2) is 23.7 Å². The van der Waals surface area contributed by atoms with E-state index in [1.807, 2.05) is 0 Å². The Kier molecular flexibility index (Phi) is 4.62. The van der Waals surface area contributed by atoms with E-state index in [1.54, 1.807) is 0 Å². The zero-order valence-corrected chi connectivity index (χ0v) is 12.1. The van der Waals surface area contributed by atoms with Crippen LogP contribution in [0, 0.1) is 5.82 Å². The molecule has 0 aliphatic rings. The van der Waals surface area contributed by atoms with Crippen LogP contribution < -0.4 is 11.1 Å². The molecule has 114 valence electrons. The van der Waals surface area contributed by atoms with E-state index in [2.05, 4.69) is 5.32 Å². The van der Waals surface area contributed by atoms with Gasteiger partial charge in [0.05, 0.1) is 5.69 Å². The van der Waals surface area contributed by atoms with Crippen LogP contribution >= 0.6 is 23.1 Å². The number of thiophene rings is 1. The Labute approximate surface area is 125 Å². The first-order chi connectivity index (χ1) is 9.78. The molecule has 0 saturated carbocycles. The minimum absolute atomic E-state index is 0.134. The quantitative estimate of drug-likeness (QED) is 0.661. The van der Waals surface area contributed by atoms with Gasteiger partial charge in [-0.15, -0.1) is 11.3 Å². The molecule has 1 aromatic heterocycles. The third-order valence-electron chi connectivity index (χ3n) is 2.55. The number of alkyl halides is 3. The fourth-order valence-electron chi connectivity index (χ4n) is 1.67. The largest absolute Gasteiger partial charge is 0.441 e. The Morgan fingerprint density at radius 1 is 1.38 bits per heavy atom. The van der Waals surface area contributed by atoms with Crippen LogP contribution in [0.5, 0.6) is 0 Å². The average molecular weight is 338 g/mol. The molecule has 1 aromatic carbocycles. The number of nitrogens with two attached hydrogens (primary N) is 1. The number of thioether (sulfide) groups is 1. The predicted octanol–water partition coefficient (Wildman–Crippen LogP) is 3.61. The van der Waals surface area contributed by atoms with E-state index >= 15 is 0 Å². The van der Waals surface area contributed by atoms with E-state index in [-0.39, 0.29) is 34.6 Å². The Hall–Kier alpha value is -1.48. The minimum Gasteiger partial charge on any atom is -0.397 e. The topological polar surface area (TPSA) is 55.1 Å². The molecule has 2 rings (SSSR count). The average Bonchev–Trinajstić information content (AvgIpc) is 2.71. The lowest BCUT2D eigenvalue weighted by atomic mass is 10.2. The third-order valence-corrected chi connectivity index (χ3v) is 4.47. The number of anilines is 1. The van der Waals surface area contributed by atoms with Gasteiger partial charge in [0, 0.05) is 22.4 Å². The molecule has 0 aliphatic heterocycles. The van der Waals surface area contributed by atoms with E-state index in [0.29, 0.717) is 10.1 Å². The second kappa shape index (κ2) is 6.10. The summed E-state index contributed by atoms with van der Waals surface area (Å²) in [6.45, 7) is -0.134. The van der Waals surface area contributed by atoms with E-state index < -0.39 is 17.2 Å². The summed E-state index contributed by atoms with van der Waals surface area (Å²) in [5, 5.41) is 2.79. The van der Waals surface area contributed by atoms with Gasteiger partial charge in [0.25, 0.3) is 5.91 Å². The van der Waals surface area contributed by atoms with Gasteiger partial charge in [-0.25, -0.2) is 4.39 Å². The normalized spacial score (nSPS) is 11.8. The summed E-state index contributed by atoms with van der Waals surface area (Å²) < 4.78 is 49.6. The van der Waals surface area contributed by atoms with Gasteiger partial charge >= 0.3 is 5.51 Å². The van der Waals surface area contributed by atoms with Crippen molar-refractivity contribution in [1.29, 1.82) is 0 Å². The number of hydrogen-bond donors (Lipinski definition) is 2. The molecule has 0 saturated heterocycles. The summed E-state index contributed by atoms with van der Waals surface area (Å²) in [7, 11) is 0. The van der Waals surface area contributed by atoms with Crippen LogP contribution in [0.4, 0.5) is 23.2 Å². The molecule has 3 nitrogen and oxygen atoms in total. The van der Waals surface area contributed by atoms with Gasteiger partial charge in [0.1, 0.15) is 10.7 Å². The standard InChI is InChI=1S/C12H10F4N2OS2/c13-6-1-2-8-7(5-6)9(17)10(21-8)11(19)18-3-4-20-12(14,15)16/h1-2,5H,3-4,17H2,(H,18,19). The smallest absolute Gasteiger partial charge is 0.397 e. The first-order valence-electron chi connectivity index (χ1n) is 5.74. The van der Waals surface area contributed by atoms with Crippen molar-refractivity contribution in [3.05, 3.63) is 28.9 Å². The van der Waals surface area contributed by atoms with E-state index in [9.17, 15) is 22.4 Å². The maximum absolute atomic E-state index is 13.1. The number of halogens is 4. The summed E-state index contributed by atoms with van der Waals surface area (Å²) in [5.74, 6) is -1.31. The Balaban J connectivity index is 2.04. The second-order valence-corrected chi connectivity index (χ2v) is 6.25. The van der Waals surface area contributed by atoms with Crippen LogP contribution in [0.15, 0.2) is 18.2 Å². The van der Waals surface area contributed by atoms with Crippen molar-refractivity contribution >= 4 is 44.8 Å². The molecule has 21 heavy (non-hydrogen) atoms. The molecule has 0 atom stereocenters. The molecule has 1 heterocycles. The number of carbonyl (C=O) groups excluding carboxylic acids is 1. The lowest BCUT2D eigenvalue weighted by molar-refractivity contribution is -0.0327. The molecular weight excluding hydrogens is 328 g/mol. The summed E-state index contributed by atoms with van der Waals surface area (Å²) in [4.78, 5) is 12.1. The highest BCUT2D eigenvalue weighted by molar-refractivity contribution is 8.00. The highest BCUT2D eigenvalue weighted by Crippen LogP contribution is 2.34. The number of carbonyl (C=O) groups is 1. The van der Waals surface area contributed by atoms with Crippen LogP contribution in [0.2, 0.25) is 0 Å². The minimum atomic E-state index is -4.32. The van der Waals surface area contributed by atoms with E-state index in [0.717, 1.165) is 11.3 Å². The predicted molar refractivity (Wildman–Crippen MR) is 77.0 cm³/mol.